The average Bonchev–Trinajstić information content (AvgIpc) is 2.19. The molecule has 0 saturated carbocycles. The first-order valence-corrected chi connectivity index (χ1v) is 4.43. The molecule has 0 spiro atoms. The van der Waals surface area contributed by atoms with Gasteiger partial charge in [0.05, 0.1) is 0 Å². The van der Waals surface area contributed by atoms with Gasteiger partial charge in [0, 0.05) is 17.8 Å². The highest BCUT2D eigenvalue weighted by Crippen LogP contribution is 2.17. The number of pyridine rings is 1. The van der Waals surface area contributed by atoms with Gasteiger partial charge in [0.25, 0.3) is 0 Å². The Kier molecular flexibility index (Phi) is 6.25. The van der Waals surface area contributed by atoms with Gasteiger partial charge in [0.2, 0.25) is 0 Å². The lowest BCUT2D eigenvalue weighted by molar-refractivity contribution is 0.976. The van der Waals surface area contributed by atoms with Gasteiger partial charge in [-0.3, -0.25) is 4.98 Å². The van der Waals surface area contributed by atoms with Crippen molar-refractivity contribution in [2.45, 2.75) is 6.42 Å². The van der Waals surface area contributed by atoms with Crippen LogP contribution in [0.4, 0.5) is 0 Å². The van der Waals surface area contributed by atoms with Crippen LogP contribution in [0.2, 0.25) is 0 Å². The maximum Gasteiger partial charge on any atom is 0.0349 e. The van der Waals surface area contributed by atoms with E-state index < -0.39 is 0 Å². The minimum Gasteiger partial charge on any atom is -0.330 e. The van der Waals surface area contributed by atoms with Crippen molar-refractivity contribution < 1.29 is 0 Å². The van der Waals surface area contributed by atoms with Crippen LogP contribution in [0.25, 0.3) is 10.8 Å². The van der Waals surface area contributed by atoms with Crippen LogP contribution in [-0.4, -0.2) is 11.5 Å². The lowest BCUT2D eigenvalue weighted by atomic mass is 10.0. The van der Waals surface area contributed by atoms with Gasteiger partial charge in [-0.15, -0.1) is 24.8 Å². The van der Waals surface area contributed by atoms with Gasteiger partial charge in [0.1, 0.15) is 0 Å². The van der Waals surface area contributed by atoms with Crippen LogP contribution in [0.1, 0.15) is 5.56 Å². The quantitative estimate of drug-likeness (QED) is 0.883. The van der Waals surface area contributed by atoms with Crippen LogP contribution in [-0.2, 0) is 6.42 Å². The van der Waals surface area contributed by atoms with E-state index >= 15 is 0 Å². The number of hydrogen-bond acceptors (Lipinski definition) is 2. The fraction of sp³-hybridized carbons (Fsp3) is 0.182. The number of hydrogen-bond donors (Lipinski definition) is 1. The molecule has 0 amide bonds. The Bertz CT molecular complexity index is 413. The van der Waals surface area contributed by atoms with Crippen molar-refractivity contribution in [3.63, 3.8) is 0 Å². The third-order valence-electron chi connectivity index (χ3n) is 2.19. The van der Waals surface area contributed by atoms with Crippen LogP contribution in [0, 0.1) is 0 Å². The minimum absolute atomic E-state index is 0. The summed E-state index contributed by atoms with van der Waals surface area (Å²) in [7, 11) is 0. The summed E-state index contributed by atoms with van der Waals surface area (Å²) in [5, 5.41) is 2.46. The molecule has 1 aromatic heterocycles. The van der Waals surface area contributed by atoms with E-state index in [-0.39, 0.29) is 24.8 Å². The first-order valence-electron chi connectivity index (χ1n) is 4.43. The van der Waals surface area contributed by atoms with E-state index in [1.54, 1.807) is 0 Å². The summed E-state index contributed by atoms with van der Waals surface area (Å²) in [6.07, 6.45) is 4.64. The van der Waals surface area contributed by atoms with E-state index in [2.05, 4.69) is 23.2 Å². The molecule has 2 rings (SSSR count). The molecule has 15 heavy (non-hydrogen) atoms. The van der Waals surface area contributed by atoms with Crippen molar-refractivity contribution in [3.05, 3.63) is 42.2 Å². The zero-order valence-electron chi connectivity index (χ0n) is 8.22. The Morgan fingerprint density at radius 3 is 2.67 bits per heavy atom. The van der Waals surface area contributed by atoms with Gasteiger partial charge >= 0.3 is 0 Å². The van der Waals surface area contributed by atoms with Gasteiger partial charge in [-0.1, -0.05) is 18.2 Å². The van der Waals surface area contributed by atoms with Gasteiger partial charge in [0.15, 0.2) is 0 Å². The monoisotopic (exact) mass is 244 g/mol. The summed E-state index contributed by atoms with van der Waals surface area (Å²) in [5.74, 6) is 0. The Balaban J connectivity index is 0.000000980. The molecular formula is C11H14Cl2N2. The third kappa shape index (κ3) is 3.06. The Labute approximate surface area is 102 Å². The molecule has 0 aliphatic rings. The van der Waals surface area contributed by atoms with Crippen LogP contribution in [0.15, 0.2) is 36.7 Å². The highest BCUT2D eigenvalue weighted by atomic mass is 35.5. The lowest BCUT2D eigenvalue weighted by Gasteiger charge is -2.03. The summed E-state index contributed by atoms with van der Waals surface area (Å²) in [5.41, 5.74) is 6.82. The molecule has 1 aromatic carbocycles. The highest BCUT2D eigenvalue weighted by molar-refractivity contribution is 5.86. The van der Waals surface area contributed by atoms with Crippen molar-refractivity contribution in [1.82, 2.24) is 4.98 Å². The molecule has 0 unspecified atom stereocenters. The first kappa shape index (κ1) is 14.2. The van der Waals surface area contributed by atoms with Crippen LogP contribution >= 0.6 is 24.8 Å². The van der Waals surface area contributed by atoms with Gasteiger partial charge in [-0.25, -0.2) is 0 Å². The van der Waals surface area contributed by atoms with E-state index in [0.29, 0.717) is 6.54 Å². The molecule has 0 atom stereocenters. The Morgan fingerprint density at radius 1 is 1.13 bits per heavy atom. The van der Waals surface area contributed by atoms with E-state index in [9.17, 15) is 0 Å². The number of fused-ring (bicyclic) bond motifs is 1. The van der Waals surface area contributed by atoms with Gasteiger partial charge in [-0.05, 0) is 30.0 Å². The smallest absolute Gasteiger partial charge is 0.0349 e. The molecule has 2 nitrogen and oxygen atoms in total. The summed E-state index contributed by atoms with van der Waals surface area (Å²) < 4.78 is 0. The second kappa shape index (κ2) is 6.62. The molecule has 0 saturated heterocycles. The van der Waals surface area contributed by atoms with E-state index in [0.717, 1.165) is 6.42 Å². The SMILES string of the molecule is Cl.Cl.NCCc1cccc2ccncc12. The van der Waals surface area contributed by atoms with Crippen molar-refractivity contribution in [1.29, 1.82) is 0 Å². The van der Waals surface area contributed by atoms with Gasteiger partial charge < -0.3 is 5.73 Å². The molecular weight excluding hydrogens is 231 g/mol. The lowest BCUT2D eigenvalue weighted by Crippen LogP contribution is -2.02. The van der Waals surface area contributed by atoms with Gasteiger partial charge in [-0.2, -0.15) is 0 Å². The predicted octanol–water partition coefficient (Wildman–Crippen LogP) is 2.58. The molecule has 0 radical (unpaired) electrons. The topological polar surface area (TPSA) is 38.9 Å². The molecule has 0 bridgehead atoms. The highest BCUT2D eigenvalue weighted by Gasteiger charge is 1.98. The van der Waals surface area contributed by atoms with Crippen molar-refractivity contribution in [3.8, 4) is 0 Å². The summed E-state index contributed by atoms with van der Waals surface area (Å²) >= 11 is 0. The standard InChI is InChI=1S/C11H12N2.2ClH/c12-6-4-9-2-1-3-10-5-7-13-8-11(9)10;;/h1-3,5,7-8H,4,6,12H2;2*1H. The fourth-order valence-corrected chi connectivity index (χ4v) is 1.55. The Hall–Kier alpha value is -0.830. The third-order valence-corrected chi connectivity index (χ3v) is 2.19. The molecule has 1 heterocycles. The number of halogens is 2. The normalized spacial score (nSPS) is 9.13. The molecule has 4 heteroatoms. The number of rotatable bonds is 2. The average molecular weight is 245 g/mol. The summed E-state index contributed by atoms with van der Waals surface area (Å²) in [6, 6.07) is 8.29. The zero-order chi connectivity index (χ0) is 9.10. The molecule has 0 fully saturated rings. The number of aromatic nitrogens is 1. The van der Waals surface area contributed by atoms with E-state index in [4.69, 9.17) is 5.73 Å². The molecule has 82 valence electrons. The van der Waals surface area contributed by atoms with Crippen LogP contribution in [0.3, 0.4) is 0 Å². The zero-order valence-corrected chi connectivity index (χ0v) is 9.85. The van der Waals surface area contributed by atoms with Crippen molar-refractivity contribution in [2.24, 2.45) is 5.73 Å². The molecule has 2 N–H and O–H groups in total. The second-order valence-electron chi connectivity index (χ2n) is 3.05. The Morgan fingerprint density at radius 2 is 1.93 bits per heavy atom. The van der Waals surface area contributed by atoms with Crippen LogP contribution in [0.5, 0.6) is 0 Å². The minimum atomic E-state index is 0. The fourth-order valence-electron chi connectivity index (χ4n) is 1.55. The molecule has 0 aliphatic carbocycles. The number of nitrogens with zero attached hydrogens (tertiary/aromatic N) is 1. The molecule has 2 aromatic rings. The van der Waals surface area contributed by atoms with E-state index in [1.165, 1.54) is 16.3 Å². The number of nitrogens with two attached hydrogens (primary N) is 1. The first-order chi connectivity index (χ1) is 6.42. The molecule has 0 aliphatic heterocycles. The maximum absolute atomic E-state index is 5.53. The van der Waals surface area contributed by atoms with Crippen molar-refractivity contribution >= 4 is 35.6 Å². The maximum atomic E-state index is 5.53. The van der Waals surface area contributed by atoms with Crippen LogP contribution < -0.4 is 5.73 Å². The van der Waals surface area contributed by atoms with E-state index in [1.807, 2.05) is 18.5 Å². The largest absolute Gasteiger partial charge is 0.330 e. The second-order valence-corrected chi connectivity index (χ2v) is 3.05. The predicted molar refractivity (Wildman–Crippen MR) is 69.0 cm³/mol. The summed E-state index contributed by atoms with van der Waals surface area (Å²) in [4.78, 5) is 4.11. The van der Waals surface area contributed by atoms with Crippen molar-refractivity contribution in [2.75, 3.05) is 6.54 Å². The summed E-state index contributed by atoms with van der Waals surface area (Å²) in [6.45, 7) is 0.688. The number of benzene rings is 1.